The molecule has 4 aromatic rings. The quantitative estimate of drug-likeness (QED) is 0.107. The summed E-state index contributed by atoms with van der Waals surface area (Å²) in [5.74, 6) is 0.579. The van der Waals surface area contributed by atoms with Crippen LogP contribution in [0.4, 0.5) is 0 Å². The molecule has 2 aromatic heterocycles. The number of imidazole rings is 1. The molecule has 0 saturated heterocycles. The summed E-state index contributed by atoms with van der Waals surface area (Å²) in [5, 5.41) is 1.03. The number of unbranched alkanes of at least 4 members (excludes halogenated alkanes) is 10. The first-order chi connectivity index (χ1) is 19.5. The van der Waals surface area contributed by atoms with Crippen LogP contribution in [0.5, 0.6) is 0 Å². The Labute approximate surface area is 246 Å². The number of carbonyl (C=O) groups is 1. The molecule has 1 atom stereocenters. The molecule has 0 bridgehead atoms. The van der Waals surface area contributed by atoms with E-state index in [9.17, 15) is 4.79 Å². The summed E-state index contributed by atoms with van der Waals surface area (Å²) >= 11 is 3.65. The van der Waals surface area contributed by atoms with Gasteiger partial charge in [-0.25, -0.2) is 9.97 Å². The lowest BCUT2D eigenvalue weighted by Gasteiger charge is -2.29. The molecule has 5 nitrogen and oxygen atoms in total. The first kappa shape index (κ1) is 28.5. The van der Waals surface area contributed by atoms with Crippen molar-refractivity contribution in [1.82, 2.24) is 14.5 Å². The number of esters is 1. The van der Waals surface area contributed by atoms with E-state index in [-0.39, 0.29) is 5.97 Å². The molecule has 0 fully saturated rings. The molecule has 5 rings (SSSR count). The number of aromatic nitrogens is 3. The number of halogens is 1. The molecule has 0 radical (unpaired) electrons. The van der Waals surface area contributed by atoms with Gasteiger partial charge in [0.2, 0.25) is 0 Å². The summed E-state index contributed by atoms with van der Waals surface area (Å²) in [6, 6.07) is 14.4. The number of fused-ring (bicyclic) bond motifs is 5. The number of benzene rings is 2. The number of pyridine rings is 1. The Morgan fingerprint density at radius 1 is 0.950 bits per heavy atom. The Bertz CT molecular complexity index is 1450. The second kappa shape index (κ2) is 13.1. The molecular formula is C34H40BrN3O2. The number of rotatable bonds is 14. The Morgan fingerprint density at radius 3 is 2.35 bits per heavy atom. The predicted molar refractivity (Wildman–Crippen MR) is 166 cm³/mol. The predicted octanol–water partition coefficient (Wildman–Crippen LogP) is 9.67. The number of carbonyl (C=O) groups excluding carboxylic acids is 1. The van der Waals surface area contributed by atoms with Crippen molar-refractivity contribution in [2.45, 2.75) is 96.5 Å². The van der Waals surface area contributed by atoms with Gasteiger partial charge in [0.1, 0.15) is 12.1 Å². The maximum atomic E-state index is 13.3. The van der Waals surface area contributed by atoms with E-state index >= 15 is 0 Å². The Kier molecular flexibility index (Phi) is 9.36. The molecule has 1 aliphatic carbocycles. The van der Waals surface area contributed by atoms with Crippen molar-refractivity contribution in [3.05, 3.63) is 76.8 Å². The topological polar surface area (TPSA) is 57.0 Å². The van der Waals surface area contributed by atoms with E-state index in [1.54, 1.807) is 12.5 Å². The fourth-order valence-corrected chi connectivity index (χ4v) is 6.46. The van der Waals surface area contributed by atoms with Crippen molar-refractivity contribution in [1.29, 1.82) is 0 Å². The lowest BCUT2D eigenvalue weighted by Crippen LogP contribution is -2.30. The first-order valence-corrected chi connectivity index (χ1v) is 15.8. The second-order valence-electron chi connectivity index (χ2n) is 11.2. The fraction of sp³-hybridized carbons (Fsp3) is 0.441. The van der Waals surface area contributed by atoms with Crippen molar-refractivity contribution in [3.63, 3.8) is 0 Å². The molecule has 2 aromatic carbocycles. The average molecular weight is 603 g/mol. The van der Waals surface area contributed by atoms with Gasteiger partial charge in [-0.2, -0.15) is 0 Å². The van der Waals surface area contributed by atoms with E-state index in [4.69, 9.17) is 9.72 Å². The van der Waals surface area contributed by atoms with Gasteiger partial charge in [0, 0.05) is 39.8 Å². The highest BCUT2D eigenvalue weighted by Crippen LogP contribution is 2.54. The number of nitrogens with zero attached hydrogens (tertiary/aromatic N) is 3. The van der Waals surface area contributed by atoms with Crippen molar-refractivity contribution < 1.29 is 9.53 Å². The summed E-state index contributed by atoms with van der Waals surface area (Å²) in [5.41, 5.74) is 3.98. The smallest absolute Gasteiger partial charge is 0.307 e. The lowest BCUT2D eigenvalue weighted by molar-refractivity contribution is -0.155. The van der Waals surface area contributed by atoms with Gasteiger partial charge in [0.05, 0.1) is 11.1 Å². The highest BCUT2D eigenvalue weighted by molar-refractivity contribution is 9.10. The van der Waals surface area contributed by atoms with E-state index in [2.05, 4.69) is 46.0 Å². The maximum Gasteiger partial charge on any atom is 0.307 e. The average Bonchev–Trinajstić information content (AvgIpc) is 3.58. The summed E-state index contributed by atoms with van der Waals surface area (Å²) in [4.78, 5) is 22.7. The zero-order chi connectivity index (χ0) is 28.0. The standard InChI is InChI=1S/C34H40BrN3O2/c1-3-4-5-6-7-8-9-10-11-12-13-18-30(39)40-34(2)28-17-15-14-16-26(28)31-27-23-25(35)19-20-29(27)37-33(32(31)34)38-22-21-36-24-38/h14-17,19-24H,3-13,18H2,1-2H3. The lowest BCUT2D eigenvalue weighted by atomic mass is 9.92. The van der Waals surface area contributed by atoms with Crippen molar-refractivity contribution in [2.75, 3.05) is 0 Å². The Morgan fingerprint density at radius 2 is 1.65 bits per heavy atom. The van der Waals surface area contributed by atoms with Gasteiger partial charge in [-0.1, -0.05) is 111 Å². The van der Waals surface area contributed by atoms with Crippen molar-refractivity contribution in [2.24, 2.45) is 0 Å². The van der Waals surface area contributed by atoms with Crippen LogP contribution >= 0.6 is 15.9 Å². The van der Waals surface area contributed by atoms with Crippen LogP contribution in [-0.4, -0.2) is 20.5 Å². The summed E-state index contributed by atoms with van der Waals surface area (Å²) in [7, 11) is 0. The van der Waals surface area contributed by atoms with E-state index in [1.165, 1.54) is 57.8 Å². The van der Waals surface area contributed by atoms with Gasteiger partial charge in [0.15, 0.2) is 5.60 Å². The molecule has 1 unspecified atom stereocenters. The molecule has 2 heterocycles. The van der Waals surface area contributed by atoms with E-state index in [1.807, 2.05) is 42.0 Å². The summed E-state index contributed by atoms with van der Waals surface area (Å²) < 4.78 is 9.34. The Hall–Kier alpha value is -2.99. The number of hydrogen-bond acceptors (Lipinski definition) is 4. The largest absolute Gasteiger partial charge is 0.449 e. The van der Waals surface area contributed by atoms with Gasteiger partial charge in [-0.15, -0.1) is 0 Å². The highest BCUT2D eigenvalue weighted by Gasteiger charge is 2.46. The van der Waals surface area contributed by atoms with Crippen LogP contribution in [0.2, 0.25) is 0 Å². The van der Waals surface area contributed by atoms with Crippen LogP contribution < -0.4 is 0 Å². The highest BCUT2D eigenvalue weighted by atomic mass is 79.9. The third kappa shape index (κ3) is 6.02. The Balaban J connectivity index is 1.32. The molecule has 0 spiro atoms. The third-order valence-electron chi connectivity index (χ3n) is 8.17. The second-order valence-corrected chi connectivity index (χ2v) is 12.1. The molecule has 0 aliphatic heterocycles. The van der Waals surface area contributed by atoms with Crippen molar-refractivity contribution >= 4 is 32.8 Å². The minimum Gasteiger partial charge on any atom is -0.449 e. The molecule has 1 aliphatic rings. The molecule has 0 N–H and O–H groups in total. The minimum absolute atomic E-state index is 0.160. The minimum atomic E-state index is -0.954. The van der Waals surface area contributed by atoms with Crippen LogP contribution in [-0.2, 0) is 15.1 Å². The van der Waals surface area contributed by atoms with Gasteiger partial charge in [-0.05, 0) is 37.1 Å². The molecule has 40 heavy (non-hydrogen) atoms. The zero-order valence-electron chi connectivity index (χ0n) is 23.8. The van der Waals surface area contributed by atoms with Crippen LogP contribution in [0, 0.1) is 0 Å². The number of hydrogen-bond donors (Lipinski definition) is 0. The molecule has 0 amide bonds. The van der Waals surface area contributed by atoms with Crippen LogP contribution in [0.1, 0.15) is 102 Å². The van der Waals surface area contributed by atoms with E-state index in [0.717, 1.165) is 56.3 Å². The SMILES string of the molecule is CCCCCCCCCCCCCC(=O)OC1(C)c2ccccc2-c2c1c(-n1ccnc1)nc1ccc(Br)cc21. The van der Waals surface area contributed by atoms with Gasteiger partial charge in [-0.3, -0.25) is 9.36 Å². The van der Waals surface area contributed by atoms with E-state index < -0.39 is 5.60 Å². The normalized spacial score (nSPS) is 15.8. The summed E-state index contributed by atoms with van der Waals surface area (Å²) in [6.45, 7) is 4.28. The first-order valence-electron chi connectivity index (χ1n) is 15.0. The van der Waals surface area contributed by atoms with Crippen molar-refractivity contribution in [3.8, 4) is 16.9 Å². The molecular weight excluding hydrogens is 562 g/mol. The van der Waals surface area contributed by atoms with Crippen LogP contribution in [0.15, 0.2) is 65.7 Å². The van der Waals surface area contributed by atoms with E-state index in [0.29, 0.717) is 6.42 Å². The zero-order valence-corrected chi connectivity index (χ0v) is 25.4. The van der Waals surface area contributed by atoms with Crippen LogP contribution in [0.25, 0.3) is 27.8 Å². The van der Waals surface area contributed by atoms with Crippen LogP contribution in [0.3, 0.4) is 0 Å². The molecule has 6 heteroatoms. The maximum absolute atomic E-state index is 13.3. The fourth-order valence-electron chi connectivity index (χ4n) is 6.10. The molecule has 210 valence electrons. The van der Waals surface area contributed by atoms with Gasteiger partial charge >= 0.3 is 5.97 Å². The van der Waals surface area contributed by atoms with Gasteiger partial charge in [0.25, 0.3) is 0 Å². The number of ether oxygens (including phenoxy) is 1. The molecule has 0 saturated carbocycles. The third-order valence-corrected chi connectivity index (χ3v) is 8.66. The monoisotopic (exact) mass is 601 g/mol. The summed E-state index contributed by atoms with van der Waals surface area (Å²) in [6.07, 6.45) is 19.6. The van der Waals surface area contributed by atoms with Gasteiger partial charge < -0.3 is 4.74 Å².